The number of anilines is 1. The Morgan fingerprint density at radius 3 is 2.84 bits per heavy atom. The molecule has 1 aliphatic rings. The van der Waals surface area contributed by atoms with E-state index >= 15 is 0 Å². The van der Waals surface area contributed by atoms with Crippen LogP contribution in [-0.2, 0) is 0 Å². The van der Waals surface area contributed by atoms with Gasteiger partial charge in [0.2, 0.25) is 0 Å². The maximum absolute atomic E-state index is 6.10. The highest BCUT2D eigenvalue weighted by Crippen LogP contribution is 2.23. The zero-order valence-corrected chi connectivity index (χ0v) is 12.3. The van der Waals surface area contributed by atoms with E-state index in [1.54, 1.807) is 13.3 Å². The Balaban J connectivity index is 1.91. The van der Waals surface area contributed by atoms with Crippen molar-refractivity contribution in [2.45, 2.75) is 32.2 Å². The summed E-state index contributed by atoms with van der Waals surface area (Å²) in [7, 11) is 1.55. The topological polar surface area (TPSA) is 50.3 Å². The minimum Gasteiger partial charge on any atom is -0.467 e. The molecule has 0 bridgehead atoms. The van der Waals surface area contributed by atoms with Crippen LogP contribution >= 0.6 is 11.6 Å². The minimum atomic E-state index is 0.343. The third-order valence-electron chi connectivity index (χ3n) is 3.37. The highest BCUT2D eigenvalue weighted by molar-refractivity contribution is 6.32. The van der Waals surface area contributed by atoms with Gasteiger partial charge in [-0.25, -0.2) is 4.98 Å². The molecule has 1 aromatic heterocycles. The first-order valence-corrected chi connectivity index (χ1v) is 7.16. The van der Waals surface area contributed by atoms with Gasteiger partial charge in [-0.2, -0.15) is 4.98 Å². The number of piperidine rings is 1. The lowest BCUT2D eigenvalue weighted by molar-refractivity contribution is 0.219. The second kappa shape index (κ2) is 6.91. The molecule has 0 radical (unpaired) electrons. The summed E-state index contributed by atoms with van der Waals surface area (Å²) in [6.07, 6.45) is 5.01. The quantitative estimate of drug-likeness (QED) is 0.900. The summed E-state index contributed by atoms with van der Waals surface area (Å²) in [4.78, 5) is 10.7. The molecule has 2 rings (SSSR count). The van der Waals surface area contributed by atoms with Crippen molar-refractivity contribution in [3.05, 3.63) is 11.2 Å². The molecule has 0 amide bonds. The molecular formula is C13H21ClN4O. The van der Waals surface area contributed by atoms with Gasteiger partial charge in [-0.15, -0.1) is 0 Å². The molecule has 0 saturated carbocycles. The zero-order valence-electron chi connectivity index (χ0n) is 11.5. The monoisotopic (exact) mass is 284 g/mol. The lowest BCUT2D eigenvalue weighted by Gasteiger charge is -2.32. The maximum atomic E-state index is 6.10. The van der Waals surface area contributed by atoms with Crippen molar-refractivity contribution in [3.63, 3.8) is 0 Å². The largest absolute Gasteiger partial charge is 0.467 e. The van der Waals surface area contributed by atoms with Crippen LogP contribution in [0.15, 0.2) is 6.20 Å². The number of hydrogen-bond donors (Lipinski definition) is 1. The molecule has 1 aromatic rings. The van der Waals surface area contributed by atoms with E-state index in [1.807, 2.05) is 0 Å². The van der Waals surface area contributed by atoms with Crippen LogP contribution in [0.25, 0.3) is 0 Å². The first-order valence-electron chi connectivity index (χ1n) is 6.78. The molecule has 5 nitrogen and oxygen atoms in total. The van der Waals surface area contributed by atoms with Crippen molar-refractivity contribution in [1.29, 1.82) is 0 Å². The summed E-state index contributed by atoms with van der Waals surface area (Å²) in [5, 5.41) is 3.94. The van der Waals surface area contributed by atoms with Crippen LogP contribution in [0.4, 0.5) is 5.82 Å². The van der Waals surface area contributed by atoms with E-state index in [-0.39, 0.29) is 0 Å². The number of nitrogens with one attached hydrogen (secondary N) is 1. The van der Waals surface area contributed by atoms with E-state index in [2.05, 4.69) is 27.1 Å². The predicted molar refractivity (Wildman–Crippen MR) is 77.0 cm³/mol. The Kier molecular flexibility index (Phi) is 5.22. The molecule has 6 heteroatoms. The van der Waals surface area contributed by atoms with E-state index in [9.17, 15) is 0 Å². The van der Waals surface area contributed by atoms with Gasteiger partial charge in [-0.05, 0) is 25.8 Å². The molecule has 0 unspecified atom stereocenters. The number of hydrogen-bond acceptors (Lipinski definition) is 5. The SMILES string of the molecule is CCCN1CCC(Nc2nc(OC)ncc2Cl)CC1. The van der Waals surface area contributed by atoms with Crippen molar-refractivity contribution in [3.8, 4) is 6.01 Å². The number of aromatic nitrogens is 2. The summed E-state index contributed by atoms with van der Waals surface area (Å²) >= 11 is 6.10. The number of nitrogens with zero attached hydrogens (tertiary/aromatic N) is 3. The number of ether oxygens (including phenoxy) is 1. The lowest BCUT2D eigenvalue weighted by Crippen LogP contribution is -2.39. The smallest absolute Gasteiger partial charge is 0.318 e. The molecule has 0 spiro atoms. The molecular weight excluding hydrogens is 264 g/mol. The summed E-state index contributed by atoms with van der Waals surface area (Å²) in [6.45, 7) is 5.67. The highest BCUT2D eigenvalue weighted by Gasteiger charge is 2.19. The van der Waals surface area contributed by atoms with Gasteiger partial charge in [0.15, 0.2) is 5.82 Å². The van der Waals surface area contributed by atoms with Gasteiger partial charge >= 0.3 is 6.01 Å². The summed E-state index contributed by atoms with van der Waals surface area (Å²) in [5.41, 5.74) is 0. The summed E-state index contributed by atoms with van der Waals surface area (Å²) in [6, 6.07) is 0.764. The van der Waals surface area contributed by atoms with Crippen LogP contribution in [0.5, 0.6) is 6.01 Å². The Morgan fingerprint density at radius 1 is 1.47 bits per heavy atom. The normalized spacial score (nSPS) is 17.4. The minimum absolute atomic E-state index is 0.343. The first-order chi connectivity index (χ1) is 9.22. The standard InChI is InChI=1S/C13H21ClN4O/c1-3-6-18-7-4-10(5-8-18)16-12-11(14)9-15-13(17-12)19-2/h9-10H,3-8H2,1-2H3,(H,15,16,17). The molecule has 1 aliphatic heterocycles. The van der Waals surface area contributed by atoms with E-state index < -0.39 is 0 Å². The highest BCUT2D eigenvalue weighted by atomic mass is 35.5. The van der Waals surface area contributed by atoms with Crippen LogP contribution in [-0.4, -0.2) is 47.7 Å². The van der Waals surface area contributed by atoms with Crippen molar-refractivity contribution < 1.29 is 4.74 Å². The number of halogens is 1. The van der Waals surface area contributed by atoms with Crippen LogP contribution in [0, 0.1) is 0 Å². The Hall–Kier alpha value is -1.07. The molecule has 19 heavy (non-hydrogen) atoms. The van der Waals surface area contributed by atoms with Gasteiger partial charge in [-0.3, -0.25) is 0 Å². The third-order valence-corrected chi connectivity index (χ3v) is 3.65. The van der Waals surface area contributed by atoms with Crippen molar-refractivity contribution in [1.82, 2.24) is 14.9 Å². The van der Waals surface area contributed by atoms with Gasteiger partial charge in [0.25, 0.3) is 0 Å². The average Bonchev–Trinajstić information content (AvgIpc) is 2.44. The van der Waals surface area contributed by atoms with Gasteiger partial charge in [0.1, 0.15) is 5.02 Å². The Labute approximate surface area is 119 Å². The second-order valence-electron chi connectivity index (χ2n) is 4.81. The zero-order chi connectivity index (χ0) is 13.7. The second-order valence-corrected chi connectivity index (χ2v) is 5.22. The predicted octanol–water partition coefficient (Wildman–Crippen LogP) is 2.42. The average molecular weight is 285 g/mol. The van der Waals surface area contributed by atoms with E-state index in [0.29, 0.717) is 22.9 Å². The Bertz CT molecular complexity index is 408. The van der Waals surface area contributed by atoms with E-state index in [1.165, 1.54) is 13.0 Å². The van der Waals surface area contributed by atoms with Crippen LogP contribution in [0.2, 0.25) is 5.02 Å². The third kappa shape index (κ3) is 3.94. The molecule has 0 atom stereocenters. The molecule has 1 N–H and O–H groups in total. The maximum Gasteiger partial charge on any atom is 0.318 e. The van der Waals surface area contributed by atoms with Crippen LogP contribution < -0.4 is 10.1 Å². The summed E-state index contributed by atoms with van der Waals surface area (Å²) < 4.78 is 5.02. The van der Waals surface area contributed by atoms with Gasteiger partial charge < -0.3 is 15.0 Å². The fourth-order valence-electron chi connectivity index (χ4n) is 2.36. The van der Waals surface area contributed by atoms with Crippen molar-refractivity contribution in [2.24, 2.45) is 0 Å². The fraction of sp³-hybridized carbons (Fsp3) is 0.692. The molecule has 1 fully saturated rings. The van der Waals surface area contributed by atoms with Gasteiger partial charge in [0, 0.05) is 19.1 Å². The molecule has 0 aromatic carbocycles. The van der Waals surface area contributed by atoms with Gasteiger partial charge in [-0.1, -0.05) is 18.5 Å². The van der Waals surface area contributed by atoms with Crippen LogP contribution in [0.3, 0.4) is 0 Å². The Morgan fingerprint density at radius 2 is 2.21 bits per heavy atom. The number of likely N-dealkylation sites (tertiary alicyclic amines) is 1. The van der Waals surface area contributed by atoms with Gasteiger partial charge in [0.05, 0.1) is 13.3 Å². The van der Waals surface area contributed by atoms with Crippen molar-refractivity contribution in [2.75, 3.05) is 32.1 Å². The summed E-state index contributed by atoms with van der Waals surface area (Å²) in [5.74, 6) is 0.669. The molecule has 1 saturated heterocycles. The first kappa shape index (κ1) is 14.3. The fourth-order valence-corrected chi connectivity index (χ4v) is 2.51. The van der Waals surface area contributed by atoms with Crippen molar-refractivity contribution >= 4 is 17.4 Å². The van der Waals surface area contributed by atoms with Crippen LogP contribution in [0.1, 0.15) is 26.2 Å². The molecule has 2 heterocycles. The number of methoxy groups -OCH3 is 1. The molecule has 106 valence electrons. The van der Waals surface area contributed by atoms with E-state index in [4.69, 9.17) is 16.3 Å². The van der Waals surface area contributed by atoms with E-state index in [0.717, 1.165) is 25.9 Å². The number of rotatable bonds is 5. The molecule has 0 aliphatic carbocycles. The lowest BCUT2D eigenvalue weighted by atomic mass is 10.0.